The van der Waals surface area contributed by atoms with Gasteiger partial charge in [0, 0.05) is 12.6 Å². The lowest BCUT2D eigenvalue weighted by molar-refractivity contribution is -0.109. The molecule has 0 aromatic heterocycles. The van der Waals surface area contributed by atoms with E-state index in [0.717, 1.165) is 25.9 Å². The molecule has 0 saturated heterocycles. The summed E-state index contributed by atoms with van der Waals surface area (Å²) < 4.78 is 0. The highest BCUT2D eigenvalue weighted by Gasteiger charge is 2.00. The predicted octanol–water partition coefficient (Wildman–Crippen LogP) is 0.120. The molecule has 0 bridgehead atoms. The maximum atomic E-state index is 9.89. The molecular formula is C7H16N2O. The van der Waals surface area contributed by atoms with Crippen LogP contribution in [0.5, 0.6) is 0 Å². The molecule has 0 aromatic carbocycles. The summed E-state index contributed by atoms with van der Waals surface area (Å²) in [5, 5.41) is 5.89. The normalized spacial score (nSPS) is 12.6. The molecule has 1 atom stereocenters. The summed E-state index contributed by atoms with van der Waals surface area (Å²) >= 11 is 0. The first-order valence-electron chi connectivity index (χ1n) is 3.75. The fourth-order valence-corrected chi connectivity index (χ4v) is 0.840. The number of hydrogen-bond acceptors (Lipinski definition) is 2. The maximum absolute atomic E-state index is 9.89. The van der Waals surface area contributed by atoms with Gasteiger partial charge in [-0.05, 0) is 13.0 Å². The highest BCUT2D eigenvalue weighted by atomic mass is 16.1. The van der Waals surface area contributed by atoms with Crippen molar-refractivity contribution in [2.45, 2.75) is 26.3 Å². The molecule has 0 fully saturated rings. The van der Waals surface area contributed by atoms with Gasteiger partial charge in [-0.15, -0.1) is 0 Å². The van der Waals surface area contributed by atoms with Crippen LogP contribution in [0.25, 0.3) is 0 Å². The molecule has 3 nitrogen and oxygen atoms in total. The SMILES string of the molecule is CCNC(CC)CNC=O. The number of likely N-dealkylation sites (N-methyl/N-ethyl adjacent to an activating group) is 1. The third kappa shape index (κ3) is 4.32. The fourth-order valence-electron chi connectivity index (χ4n) is 0.840. The van der Waals surface area contributed by atoms with Gasteiger partial charge in [-0.3, -0.25) is 4.79 Å². The van der Waals surface area contributed by atoms with Crippen LogP contribution in [0.1, 0.15) is 20.3 Å². The second-order valence-electron chi connectivity index (χ2n) is 2.19. The minimum atomic E-state index is 0.426. The molecule has 0 aliphatic heterocycles. The number of nitrogens with one attached hydrogen (secondary N) is 2. The number of carbonyl (C=O) groups excluding carboxylic acids is 1. The van der Waals surface area contributed by atoms with Gasteiger partial charge >= 0.3 is 0 Å². The third-order valence-electron chi connectivity index (χ3n) is 1.43. The van der Waals surface area contributed by atoms with Crippen molar-refractivity contribution in [3.63, 3.8) is 0 Å². The first-order valence-corrected chi connectivity index (χ1v) is 3.75. The van der Waals surface area contributed by atoms with Crippen LogP contribution in [0.4, 0.5) is 0 Å². The highest BCUT2D eigenvalue weighted by Crippen LogP contribution is 1.86. The first-order chi connectivity index (χ1) is 4.85. The van der Waals surface area contributed by atoms with E-state index in [1.54, 1.807) is 0 Å². The van der Waals surface area contributed by atoms with Crippen LogP contribution in [0, 0.1) is 0 Å². The van der Waals surface area contributed by atoms with Crippen LogP contribution in [0.2, 0.25) is 0 Å². The summed E-state index contributed by atoms with van der Waals surface area (Å²) in [7, 11) is 0. The van der Waals surface area contributed by atoms with E-state index in [0.29, 0.717) is 6.04 Å². The first kappa shape index (κ1) is 9.43. The van der Waals surface area contributed by atoms with E-state index in [-0.39, 0.29) is 0 Å². The van der Waals surface area contributed by atoms with Crippen molar-refractivity contribution in [2.75, 3.05) is 13.1 Å². The van der Waals surface area contributed by atoms with E-state index in [4.69, 9.17) is 0 Å². The van der Waals surface area contributed by atoms with Crippen LogP contribution in [-0.2, 0) is 4.79 Å². The summed E-state index contributed by atoms with van der Waals surface area (Å²) in [6.45, 7) is 5.84. The van der Waals surface area contributed by atoms with Crippen LogP contribution >= 0.6 is 0 Å². The van der Waals surface area contributed by atoms with Gasteiger partial charge in [0.2, 0.25) is 6.41 Å². The Morgan fingerprint density at radius 2 is 2.20 bits per heavy atom. The van der Waals surface area contributed by atoms with Gasteiger partial charge in [-0.1, -0.05) is 13.8 Å². The van der Waals surface area contributed by atoms with E-state index >= 15 is 0 Å². The van der Waals surface area contributed by atoms with Crippen molar-refractivity contribution in [2.24, 2.45) is 0 Å². The Bertz CT molecular complexity index is 85.7. The second kappa shape index (κ2) is 6.55. The number of amides is 1. The number of rotatable bonds is 6. The van der Waals surface area contributed by atoms with Gasteiger partial charge in [-0.2, -0.15) is 0 Å². The van der Waals surface area contributed by atoms with Crippen LogP contribution < -0.4 is 10.6 Å². The van der Waals surface area contributed by atoms with Gasteiger partial charge < -0.3 is 10.6 Å². The summed E-state index contributed by atoms with van der Waals surface area (Å²) in [5.74, 6) is 0. The number of hydrogen-bond donors (Lipinski definition) is 2. The summed E-state index contributed by atoms with van der Waals surface area (Å²) in [6.07, 6.45) is 1.79. The predicted molar refractivity (Wildman–Crippen MR) is 41.8 cm³/mol. The maximum Gasteiger partial charge on any atom is 0.207 e. The van der Waals surface area contributed by atoms with Gasteiger partial charge in [0.25, 0.3) is 0 Å². The van der Waals surface area contributed by atoms with Gasteiger partial charge in [0.05, 0.1) is 0 Å². The van der Waals surface area contributed by atoms with Crippen LogP contribution in [0.3, 0.4) is 0 Å². The Morgan fingerprint density at radius 3 is 2.60 bits per heavy atom. The molecule has 10 heavy (non-hydrogen) atoms. The van der Waals surface area contributed by atoms with Crippen molar-refractivity contribution in [3.05, 3.63) is 0 Å². The zero-order valence-electron chi connectivity index (χ0n) is 6.68. The Morgan fingerprint density at radius 1 is 1.50 bits per heavy atom. The monoisotopic (exact) mass is 144 g/mol. The lowest BCUT2D eigenvalue weighted by Crippen LogP contribution is -2.37. The largest absolute Gasteiger partial charge is 0.357 e. The quantitative estimate of drug-likeness (QED) is 0.520. The molecule has 0 heterocycles. The van der Waals surface area contributed by atoms with Crippen molar-refractivity contribution >= 4 is 6.41 Å². The number of carbonyl (C=O) groups is 1. The standard InChI is InChI=1S/C7H16N2O/c1-3-7(9-4-2)5-8-6-10/h6-7,9H,3-5H2,1-2H3,(H,8,10). The third-order valence-corrected chi connectivity index (χ3v) is 1.43. The molecule has 0 radical (unpaired) electrons. The molecule has 1 amide bonds. The van der Waals surface area contributed by atoms with E-state index in [9.17, 15) is 4.79 Å². The molecule has 1 unspecified atom stereocenters. The lowest BCUT2D eigenvalue weighted by atomic mass is 10.2. The molecule has 0 rings (SSSR count). The van der Waals surface area contributed by atoms with E-state index < -0.39 is 0 Å². The van der Waals surface area contributed by atoms with Gasteiger partial charge in [-0.25, -0.2) is 0 Å². The fraction of sp³-hybridized carbons (Fsp3) is 0.857. The van der Waals surface area contributed by atoms with E-state index in [1.165, 1.54) is 0 Å². The Kier molecular flexibility index (Phi) is 6.18. The molecule has 0 aliphatic rings. The summed E-state index contributed by atoms with van der Waals surface area (Å²) in [4.78, 5) is 9.89. The second-order valence-corrected chi connectivity index (χ2v) is 2.19. The highest BCUT2D eigenvalue weighted by molar-refractivity contribution is 5.45. The van der Waals surface area contributed by atoms with Crippen molar-refractivity contribution in [3.8, 4) is 0 Å². The van der Waals surface area contributed by atoms with E-state index in [2.05, 4.69) is 24.5 Å². The minimum Gasteiger partial charge on any atom is -0.357 e. The smallest absolute Gasteiger partial charge is 0.207 e. The van der Waals surface area contributed by atoms with Crippen molar-refractivity contribution in [1.82, 2.24) is 10.6 Å². The molecule has 0 saturated carbocycles. The average molecular weight is 144 g/mol. The molecule has 0 aliphatic carbocycles. The Hall–Kier alpha value is -0.570. The van der Waals surface area contributed by atoms with Gasteiger partial charge in [0.15, 0.2) is 0 Å². The summed E-state index contributed by atoms with van der Waals surface area (Å²) in [5.41, 5.74) is 0. The zero-order chi connectivity index (χ0) is 7.82. The molecule has 0 spiro atoms. The topological polar surface area (TPSA) is 41.1 Å². The van der Waals surface area contributed by atoms with E-state index in [1.807, 2.05) is 0 Å². The van der Waals surface area contributed by atoms with Crippen LogP contribution in [-0.4, -0.2) is 25.5 Å². The minimum absolute atomic E-state index is 0.426. The zero-order valence-corrected chi connectivity index (χ0v) is 6.68. The molecular weight excluding hydrogens is 128 g/mol. The van der Waals surface area contributed by atoms with Gasteiger partial charge in [0.1, 0.15) is 0 Å². The van der Waals surface area contributed by atoms with Crippen LogP contribution in [0.15, 0.2) is 0 Å². The lowest BCUT2D eigenvalue weighted by Gasteiger charge is -2.13. The van der Waals surface area contributed by atoms with Crippen molar-refractivity contribution < 1.29 is 4.79 Å². The molecule has 0 aromatic rings. The molecule has 60 valence electrons. The molecule has 2 N–H and O–H groups in total. The average Bonchev–Trinajstić information content (AvgIpc) is 1.98. The Labute approximate surface area is 62.2 Å². The Balaban J connectivity index is 3.29. The molecule has 3 heteroatoms. The van der Waals surface area contributed by atoms with Crippen molar-refractivity contribution in [1.29, 1.82) is 0 Å². The summed E-state index contributed by atoms with van der Waals surface area (Å²) in [6, 6.07) is 0.426.